The zero-order valence-electron chi connectivity index (χ0n) is 22.7. The molecule has 1 saturated heterocycles. The molecule has 0 spiro atoms. The molecular weight excluding hydrogens is 530 g/mol. The summed E-state index contributed by atoms with van der Waals surface area (Å²) in [5.41, 5.74) is 4.56. The second-order valence-electron chi connectivity index (χ2n) is 9.31. The number of aromatic nitrogens is 2. The Bertz CT molecular complexity index is 1590. The average Bonchev–Trinajstić information content (AvgIpc) is 3.46. The lowest BCUT2D eigenvalue weighted by Gasteiger charge is -2.29. The highest BCUT2D eigenvalue weighted by atomic mass is 32.1. The van der Waals surface area contributed by atoms with E-state index in [0.29, 0.717) is 28.0 Å². The average molecular weight is 560 g/mol. The molecular formula is C29H29N5O5S. The summed E-state index contributed by atoms with van der Waals surface area (Å²) in [4.78, 5) is 18.3. The number of aryl methyl sites for hydroxylation is 1. The quantitative estimate of drug-likeness (QED) is 0.168. The highest BCUT2D eigenvalue weighted by Crippen LogP contribution is 2.47. The van der Waals surface area contributed by atoms with E-state index in [1.54, 1.807) is 32.5 Å². The van der Waals surface area contributed by atoms with Crippen LogP contribution in [0.3, 0.4) is 0 Å². The molecule has 0 aliphatic carbocycles. The first-order chi connectivity index (χ1) is 19.3. The number of rotatable bonds is 8. The molecule has 0 unspecified atom stereocenters. The summed E-state index contributed by atoms with van der Waals surface area (Å²) in [6.07, 6.45) is 1.75. The Kier molecular flexibility index (Phi) is 7.31. The molecule has 0 saturated carbocycles. The maximum absolute atomic E-state index is 12.1. The topological polar surface area (TPSA) is 104 Å². The molecule has 2 aromatic carbocycles. The summed E-state index contributed by atoms with van der Waals surface area (Å²) in [5, 5.41) is 16.0. The molecule has 206 valence electrons. The van der Waals surface area contributed by atoms with Gasteiger partial charge in [0, 0.05) is 23.7 Å². The first-order valence-electron chi connectivity index (χ1n) is 12.5. The van der Waals surface area contributed by atoms with Crippen LogP contribution in [0.25, 0.3) is 5.69 Å². The van der Waals surface area contributed by atoms with Gasteiger partial charge in [-0.2, -0.15) is 0 Å². The predicted molar refractivity (Wildman–Crippen MR) is 156 cm³/mol. The normalized spacial score (nSPS) is 16.5. The minimum atomic E-state index is -0.395. The van der Waals surface area contributed by atoms with Crippen molar-refractivity contribution in [2.75, 3.05) is 26.2 Å². The van der Waals surface area contributed by atoms with Crippen molar-refractivity contribution in [2.24, 2.45) is 0 Å². The summed E-state index contributed by atoms with van der Waals surface area (Å²) in [7, 11) is 4.69. The van der Waals surface area contributed by atoms with Crippen LogP contribution in [0.15, 0.2) is 66.9 Å². The van der Waals surface area contributed by atoms with Crippen molar-refractivity contribution in [2.45, 2.75) is 25.9 Å². The minimum Gasteiger partial charge on any atom is -0.497 e. The van der Waals surface area contributed by atoms with Gasteiger partial charge in [-0.1, -0.05) is 6.07 Å². The maximum Gasteiger partial charge on any atom is 0.296 e. The van der Waals surface area contributed by atoms with Crippen LogP contribution in [0.2, 0.25) is 0 Å². The van der Waals surface area contributed by atoms with E-state index in [1.807, 2.05) is 65.8 Å². The minimum absolute atomic E-state index is 0.0530. The zero-order valence-corrected chi connectivity index (χ0v) is 23.6. The van der Waals surface area contributed by atoms with E-state index < -0.39 is 4.92 Å². The molecule has 1 aliphatic heterocycles. The monoisotopic (exact) mass is 559 g/mol. The van der Waals surface area contributed by atoms with Gasteiger partial charge in [0.1, 0.15) is 22.9 Å². The smallest absolute Gasteiger partial charge is 0.296 e. The number of methoxy groups -OCH3 is 3. The summed E-state index contributed by atoms with van der Waals surface area (Å²) in [5.74, 6) is 1.66. The van der Waals surface area contributed by atoms with Gasteiger partial charge >= 0.3 is 0 Å². The lowest BCUT2D eigenvalue weighted by molar-refractivity contribution is -0.384. The van der Waals surface area contributed by atoms with Gasteiger partial charge in [-0.15, -0.1) is 0 Å². The van der Waals surface area contributed by atoms with Crippen molar-refractivity contribution >= 4 is 28.7 Å². The number of nitrogens with one attached hydrogen (secondary N) is 1. The van der Waals surface area contributed by atoms with Crippen LogP contribution in [0, 0.1) is 24.0 Å². The van der Waals surface area contributed by atoms with Gasteiger partial charge in [0.15, 0.2) is 5.11 Å². The van der Waals surface area contributed by atoms with Gasteiger partial charge in [0.25, 0.3) is 5.69 Å². The number of anilines is 1. The van der Waals surface area contributed by atoms with Gasteiger partial charge in [0.05, 0.1) is 55.8 Å². The largest absolute Gasteiger partial charge is 0.497 e. The van der Waals surface area contributed by atoms with Gasteiger partial charge in [-0.3, -0.25) is 15.1 Å². The van der Waals surface area contributed by atoms with Crippen LogP contribution in [-0.2, 0) is 0 Å². The number of nitrogens with zero attached hydrogens (tertiary/aromatic N) is 4. The molecule has 2 atom stereocenters. The van der Waals surface area contributed by atoms with Crippen LogP contribution in [0.1, 0.15) is 34.7 Å². The molecule has 3 heterocycles. The Morgan fingerprint density at radius 2 is 1.65 bits per heavy atom. The molecule has 1 fully saturated rings. The second kappa shape index (κ2) is 10.9. The van der Waals surface area contributed by atoms with Gasteiger partial charge in [-0.05, 0) is 74.1 Å². The van der Waals surface area contributed by atoms with Crippen molar-refractivity contribution in [3.05, 3.63) is 99.6 Å². The zero-order chi connectivity index (χ0) is 28.6. The van der Waals surface area contributed by atoms with E-state index in [9.17, 15) is 10.1 Å². The molecule has 10 nitrogen and oxygen atoms in total. The first kappa shape index (κ1) is 26.9. The second-order valence-corrected chi connectivity index (χ2v) is 9.69. The van der Waals surface area contributed by atoms with Crippen molar-refractivity contribution in [3.63, 3.8) is 0 Å². The Morgan fingerprint density at radius 3 is 2.27 bits per heavy atom. The van der Waals surface area contributed by atoms with Crippen molar-refractivity contribution in [1.29, 1.82) is 0 Å². The Balaban J connectivity index is 1.72. The van der Waals surface area contributed by atoms with E-state index in [4.69, 9.17) is 26.4 Å². The SMILES string of the molecule is COc1ccc(N2C(=S)N[C@@H](c3ccccn3)[C@H]2c2cc(C)n(-c3ccc(OC)cc3[N+](=O)[O-])c2C)c(OC)c1. The van der Waals surface area contributed by atoms with Gasteiger partial charge in [-0.25, -0.2) is 0 Å². The number of benzene rings is 2. The van der Waals surface area contributed by atoms with Gasteiger partial charge in [0.2, 0.25) is 0 Å². The summed E-state index contributed by atoms with van der Waals surface area (Å²) >= 11 is 5.89. The fraction of sp³-hybridized carbons (Fsp3) is 0.241. The highest BCUT2D eigenvalue weighted by Gasteiger charge is 2.43. The number of thiocarbonyl (C=S) groups is 1. The van der Waals surface area contributed by atoms with E-state index in [1.165, 1.54) is 13.2 Å². The Labute approximate surface area is 237 Å². The van der Waals surface area contributed by atoms with Crippen LogP contribution < -0.4 is 24.4 Å². The van der Waals surface area contributed by atoms with Crippen LogP contribution in [0.4, 0.5) is 11.4 Å². The number of ether oxygens (including phenoxy) is 3. The first-order valence-corrected chi connectivity index (χ1v) is 12.9. The molecule has 0 radical (unpaired) electrons. The summed E-state index contributed by atoms with van der Waals surface area (Å²) < 4.78 is 18.3. The van der Waals surface area contributed by atoms with Crippen LogP contribution in [-0.4, -0.2) is 40.9 Å². The molecule has 40 heavy (non-hydrogen) atoms. The third-order valence-corrected chi connectivity index (χ3v) is 7.47. The van der Waals surface area contributed by atoms with Crippen molar-refractivity contribution in [3.8, 4) is 22.9 Å². The standard InChI is InChI=1S/C29H29N5O5S/c1-17-14-21(18(2)32(17)23-11-9-19(37-3)15-25(23)34(35)36)28-27(22-8-6-7-13-30-22)31-29(40)33(28)24-12-10-20(38-4)16-26(24)39-5/h6-16,27-28H,1-5H3,(H,31,40)/t27-,28+/m0/s1. The third kappa shape index (κ3) is 4.58. The molecule has 0 bridgehead atoms. The number of nitro benzene ring substituents is 1. The summed E-state index contributed by atoms with van der Waals surface area (Å²) in [6, 6.07) is 17.6. The Morgan fingerprint density at radius 1 is 0.950 bits per heavy atom. The number of pyridine rings is 1. The van der Waals surface area contributed by atoms with Crippen molar-refractivity contribution in [1.82, 2.24) is 14.9 Å². The van der Waals surface area contributed by atoms with E-state index in [-0.39, 0.29) is 17.8 Å². The Hall–Kier alpha value is -4.64. The number of nitro groups is 1. The van der Waals surface area contributed by atoms with E-state index in [2.05, 4.69) is 10.3 Å². The molecule has 1 aliphatic rings. The summed E-state index contributed by atoms with van der Waals surface area (Å²) in [6.45, 7) is 3.88. The lowest BCUT2D eigenvalue weighted by atomic mass is 9.96. The fourth-order valence-corrected chi connectivity index (χ4v) is 5.68. The van der Waals surface area contributed by atoms with Gasteiger partial charge < -0.3 is 29.0 Å². The highest BCUT2D eigenvalue weighted by molar-refractivity contribution is 7.80. The number of hydrogen-bond acceptors (Lipinski definition) is 7. The van der Waals surface area contributed by atoms with E-state index in [0.717, 1.165) is 28.3 Å². The maximum atomic E-state index is 12.1. The molecule has 0 amide bonds. The van der Waals surface area contributed by atoms with Crippen LogP contribution >= 0.6 is 12.2 Å². The molecule has 2 aromatic heterocycles. The van der Waals surface area contributed by atoms with Crippen molar-refractivity contribution < 1.29 is 19.1 Å². The fourth-order valence-electron chi connectivity index (χ4n) is 5.34. The third-order valence-electron chi connectivity index (χ3n) is 7.15. The predicted octanol–water partition coefficient (Wildman–Crippen LogP) is 5.60. The molecule has 4 aromatic rings. The molecule has 5 rings (SSSR count). The van der Waals surface area contributed by atoms with Crippen LogP contribution in [0.5, 0.6) is 17.2 Å². The lowest BCUT2D eigenvalue weighted by Crippen LogP contribution is -2.30. The molecule has 11 heteroatoms. The number of hydrogen-bond donors (Lipinski definition) is 1. The van der Waals surface area contributed by atoms with E-state index >= 15 is 0 Å². The molecule has 1 N–H and O–H groups in total.